The molecule has 0 heterocycles. The van der Waals surface area contributed by atoms with E-state index < -0.39 is 15.9 Å². The molecule has 1 amide bonds. The fourth-order valence-electron chi connectivity index (χ4n) is 1.88. The van der Waals surface area contributed by atoms with Crippen molar-refractivity contribution in [1.82, 2.24) is 4.72 Å². The molecule has 0 radical (unpaired) electrons. The Bertz CT molecular complexity index is 784. The zero-order chi connectivity index (χ0) is 16.7. The molecule has 0 aliphatic carbocycles. The first-order valence-electron chi connectivity index (χ1n) is 6.98. The third kappa shape index (κ3) is 6.26. The summed E-state index contributed by atoms with van der Waals surface area (Å²) in [7, 11) is -3.79. The standard InChI is InChI=1S/C17H16ClNO3S/c18-16-9-6-15(7-10-16)8-11-17(20)19-23(21,22)13-12-14-4-2-1-3-5-14/h1-7,9-10,12-13H,8,11H2,(H,19,20)/b13-12+. The molecule has 2 aromatic carbocycles. The van der Waals surface area contributed by atoms with Crippen LogP contribution in [0.2, 0.25) is 5.02 Å². The van der Waals surface area contributed by atoms with Crippen LogP contribution < -0.4 is 4.72 Å². The van der Waals surface area contributed by atoms with Gasteiger partial charge in [0.05, 0.1) is 5.41 Å². The van der Waals surface area contributed by atoms with Gasteiger partial charge in [-0.25, -0.2) is 13.1 Å². The van der Waals surface area contributed by atoms with Crippen LogP contribution in [0.1, 0.15) is 17.5 Å². The average molecular weight is 350 g/mol. The number of amides is 1. The fraction of sp³-hybridized carbons (Fsp3) is 0.118. The van der Waals surface area contributed by atoms with Crippen LogP contribution in [0.5, 0.6) is 0 Å². The average Bonchev–Trinajstić information content (AvgIpc) is 2.53. The number of carbonyl (C=O) groups is 1. The van der Waals surface area contributed by atoms with Crippen LogP contribution in [0, 0.1) is 0 Å². The number of sulfonamides is 1. The molecular weight excluding hydrogens is 334 g/mol. The van der Waals surface area contributed by atoms with Crippen LogP contribution in [-0.2, 0) is 21.2 Å². The van der Waals surface area contributed by atoms with Gasteiger partial charge in [-0.15, -0.1) is 0 Å². The zero-order valence-electron chi connectivity index (χ0n) is 12.3. The first-order valence-corrected chi connectivity index (χ1v) is 8.90. The second-order valence-electron chi connectivity index (χ2n) is 4.91. The van der Waals surface area contributed by atoms with Gasteiger partial charge >= 0.3 is 0 Å². The Morgan fingerprint density at radius 1 is 1.04 bits per heavy atom. The maximum Gasteiger partial charge on any atom is 0.257 e. The highest BCUT2D eigenvalue weighted by Crippen LogP contribution is 2.11. The lowest BCUT2D eigenvalue weighted by molar-refractivity contribution is -0.119. The summed E-state index contributed by atoms with van der Waals surface area (Å²) in [6.45, 7) is 0. The molecule has 120 valence electrons. The van der Waals surface area contributed by atoms with Crippen LogP contribution in [0.25, 0.3) is 6.08 Å². The molecule has 0 aliphatic rings. The molecule has 23 heavy (non-hydrogen) atoms. The number of aryl methyl sites for hydroxylation is 1. The third-order valence-electron chi connectivity index (χ3n) is 3.05. The number of hydrogen-bond acceptors (Lipinski definition) is 3. The molecule has 0 aromatic heterocycles. The van der Waals surface area contributed by atoms with Gasteiger partial charge in [-0.3, -0.25) is 4.79 Å². The Hall–Kier alpha value is -2.11. The lowest BCUT2D eigenvalue weighted by Crippen LogP contribution is -2.28. The molecule has 6 heteroatoms. The number of hydrogen-bond donors (Lipinski definition) is 1. The minimum Gasteiger partial charge on any atom is -0.274 e. The molecule has 0 bridgehead atoms. The number of nitrogens with one attached hydrogen (secondary N) is 1. The first-order chi connectivity index (χ1) is 10.9. The van der Waals surface area contributed by atoms with Crippen molar-refractivity contribution in [1.29, 1.82) is 0 Å². The van der Waals surface area contributed by atoms with Crippen molar-refractivity contribution in [2.24, 2.45) is 0 Å². The van der Waals surface area contributed by atoms with E-state index in [1.165, 1.54) is 6.08 Å². The van der Waals surface area contributed by atoms with Gasteiger partial charge < -0.3 is 0 Å². The normalized spacial score (nSPS) is 11.5. The summed E-state index contributed by atoms with van der Waals surface area (Å²) < 4.78 is 25.7. The minimum absolute atomic E-state index is 0.0834. The Balaban J connectivity index is 1.88. The molecule has 0 saturated carbocycles. The van der Waals surface area contributed by atoms with Crippen molar-refractivity contribution in [2.45, 2.75) is 12.8 Å². The number of halogens is 1. The largest absolute Gasteiger partial charge is 0.274 e. The minimum atomic E-state index is -3.79. The smallest absolute Gasteiger partial charge is 0.257 e. The second-order valence-corrected chi connectivity index (χ2v) is 6.91. The molecule has 0 saturated heterocycles. The fourth-order valence-corrected chi connectivity index (χ4v) is 2.83. The highest BCUT2D eigenvalue weighted by molar-refractivity contribution is 7.93. The molecule has 2 aromatic rings. The van der Waals surface area contributed by atoms with Crippen LogP contribution in [0.15, 0.2) is 60.0 Å². The molecule has 2 rings (SSSR count). The maximum atomic E-state index is 11.8. The van der Waals surface area contributed by atoms with E-state index in [2.05, 4.69) is 0 Å². The van der Waals surface area contributed by atoms with Crippen molar-refractivity contribution in [2.75, 3.05) is 0 Å². The van der Waals surface area contributed by atoms with E-state index in [0.717, 1.165) is 16.5 Å². The Morgan fingerprint density at radius 3 is 2.35 bits per heavy atom. The zero-order valence-corrected chi connectivity index (χ0v) is 13.8. The monoisotopic (exact) mass is 349 g/mol. The summed E-state index contributed by atoms with van der Waals surface area (Å²) in [6.07, 6.45) is 1.97. The molecule has 0 spiro atoms. The van der Waals surface area contributed by atoms with Crippen molar-refractivity contribution in [3.8, 4) is 0 Å². The van der Waals surface area contributed by atoms with Crippen molar-refractivity contribution in [3.63, 3.8) is 0 Å². The van der Waals surface area contributed by atoms with Crippen LogP contribution >= 0.6 is 11.6 Å². The maximum absolute atomic E-state index is 11.8. The first kappa shape index (κ1) is 17.2. The SMILES string of the molecule is O=C(CCc1ccc(Cl)cc1)NS(=O)(=O)/C=C/c1ccccc1. The number of carbonyl (C=O) groups excluding carboxylic acids is 1. The van der Waals surface area contributed by atoms with Gasteiger partial charge in [-0.1, -0.05) is 54.1 Å². The van der Waals surface area contributed by atoms with E-state index in [-0.39, 0.29) is 6.42 Å². The second kappa shape index (κ2) is 7.94. The van der Waals surface area contributed by atoms with Gasteiger partial charge in [0, 0.05) is 11.4 Å². The Labute approximate surface area is 140 Å². The predicted octanol–water partition coefficient (Wildman–Crippen LogP) is 3.39. The number of benzene rings is 2. The highest BCUT2D eigenvalue weighted by Gasteiger charge is 2.11. The topological polar surface area (TPSA) is 63.2 Å². The summed E-state index contributed by atoms with van der Waals surface area (Å²) in [5.41, 5.74) is 1.66. The summed E-state index contributed by atoms with van der Waals surface area (Å²) in [4.78, 5) is 11.8. The summed E-state index contributed by atoms with van der Waals surface area (Å²) in [6, 6.07) is 16.1. The van der Waals surface area contributed by atoms with Gasteiger partial charge in [-0.2, -0.15) is 0 Å². The summed E-state index contributed by atoms with van der Waals surface area (Å²) in [5, 5.41) is 1.61. The quantitative estimate of drug-likeness (QED) is 0.869. The van der Waals surface area contributed by atoms with E-state index >= 15 is 0 Å². The number of rotatable bonds is 6. The van der Waals surface area contributed by atoms with Gasteiger partial charge in [0.1, 0.15) is 0 Å². The lowest BCUT2D eigenvalue weighted by Gasteiger charge is -2.04. The van der Waals surface area contributed by atoms with E-state index in [1.807, 2.05) is 10.8 Å². The van der Waals surface area contributed by atoms with E-state index in [9.17, 15) is 13.2 Å². The molecule has 0 aliphatic heterocycles. The highest BCUT2D eigenvalue weighted by atomic mass is 35.5. The third-order valence-corrected chi connectivity index (χ3v) is 4.31. The molecular formula is C17H16ClNO3S. The Kier molecular flexibility index (Phi) is 5.96. The van der Waals surface area contributed by atoms with Gasteiger partial charge in [-0.05, 0) is 35.8 Å². The van der Waals surface area contributed by atoms with E-state index in [1.54, 1.807) is 48.5 Å². The van der Waals surface area contributed by atoms with Gasteiger partial charge in [0.25, 0.3) is 10.0 Å². The van der Waals surface area contributed by atoms with Crippen molar-refractivity contribution >= 4 is 33.6 Å². The predicted molar refractivity (Wildman–Crippen MR) is 92.3 cm³/mol. The van der Waals surface area contributed by atoms with Crippen LogP contribution in [-0.4, -0.2) is 14.3 Å². The molecule has 4 nitrogen and oxygen atoms in total. The molecule has 0 atom stereocenters. The summed E-state index contributed by atoms with van der Waals surface area (Å²) in [5.74, 6) is -0.544. The Morgan fingerprint density at radius 2 is 1.70 bits per heavy atom. The van der Waals surface area contributed by atoms with Crippen LogP contribution in [0.3, 0.4) is 0 Å². The lowest BCUT2D eigenvalue weighted by atomic mass is 10.1. The van der Waals surface area contributed by atoms with Crippen LogP contribution in [0.4, 0.5) is 0 Å². The van der Waals surface area contributed by atoms with E-state index in [0.29, 0.717) is 11.4 Å². The van der Waals surface area contributed by atoms with Gasteiger partial charge in [0.15, 0.2) is 0 Å². The molecule has 0 fully saturated rings. The van der Waals surface area contributed by atoms with Crippen molar-refractivity contribution < 1.29 is 13.2 Å². The summed E-state index contributed by atoms with van der Waals surface area (Å²) >= 11 is 5.78. The molecule has 1 N–H and O–H groups in total. The van der Waals surface area contributed by atoms with Crippen molar-refractivity contribution in [3.05, 3.63) is 76.2 Å². The molecule has 0 unspecified atom stereocenters. The van der Waals surface area contributed by atoms with Gasteiger partial charge in [0.2, 0.25) is 5.91 Å². The van der Waals surface area contributed by atoms with E-state index in [4.69, 9.17) is 11.6 Å².